The zero-order valence-corrected chi connectivity index (χ0v) is 17.2. The summed E-state index contributed by atoms with van der Waals surface area (Å²) in [5.74, 6) is 1.14. The average Bonchev–Trinajstić information content (AvgIpc) is 3.12. The van der Waals surface area contributed by atoms with Crippen LogP contribution in [0.25, 0.3) is 11.0 Å². The summed E-state index contributed by atoms with van der Waals surface area (Å²) in [5, 5.41) is 4.42. The molecular formula is C20H14Cl2N4O2S. The van der Waals surface area contributed by atoms with E-state index in [2.05, 4.69) is 20.3 Å². The molecule has 146 valence electrons. The zero-order valence-electron chi connectivity index (χ0n) is 14.9. The molecule has 6 nitrogen and oxygen atoms in total. The third-order valence-corrected chi connectivity index (χ3v) is 5.25. The molecule has 2 N–H and O–H groups in total. The fraction of sp³-hybridized carbons (Fsp3) is 0.0500. The van der Waals surface area contributed by atoms with Crippen LogP contribution in [0.15, 0.2) is 66.0 Å². The number of pyridine rings is 1. The van der Waals surface area contributed by atoms with Crippen LogP contribution < -0.4 is 10.1 Å². The van der Waals surface area contributed by atoms with E-state index in [-0.39, 0.29) is 16.8 Å². The molecule has 2 heterocycles. The van der Waals surface area contributed by atoms with Gasteiger partial charge in [-0.2, -0.15) is 0 Å². The lowest BCUT2D eigenvalue weighted by molar-refractivity contribution is -0.113. The number of hydrogen-bond acceptors (Lipinski definition) is 5. The number of H-pyrrole nitrogens is 1. The van der Waals surface area contributed by atoms with Crippen LogP contribution in [0.5, 0.6) is 11.5 Å². The molecule has 2 aromatic heterocycles. The number of halogens is 2. The normalized spacial score (nSPS) is 10.8. The summed E-state index contributed by atoms with van der Waals surface area (Å²) in [4.78, 5) is 23.8. The standard InChI is InChI=1S/C20H14Cl2N4O2S/c21-12-3-8-15-16(10-12)26-20(25-15)29-11-18(27)24-13-4-6-14(7-5-13)28-17-2-1-9-23-19(17)22/h1-10H,11H2,(H,24,27)(H,25,26). The maximum Gasteiger partial charge on any atom is 0.234 e. The van der Waals surface area contributed by atoms with Gasteiger partial charge in [-0.1, -0.05) is 35.0 Å². The largest absolute Gasteiger partial charge is 0.454 e. The van der Waals surface area contributed by atoms with Crippen LogP contribution in [0.1, 0.15) is 0 Å². The highest BCUT2D eigenvalue weighted by Crippen LogP contribution is 2.28. The van der Waals surface area contributed by atoms with E-state index in [0.717, 1.165) is 11.0 Å². The third-order valence-electron chi connectivity index (χ3n) is 3.85. The van der Waals surface area contributed by atoms with Gasteiger partial charge >= 0.3 is 0 Å². The second kappa shape index (κ2) is 8.73. The van der Waals surface area contributed by atoms with Gasteiger partial charge in [-0.3, -0.25) is 4.79 Å². The van der Waals surface area contributed by atoms with E-state index >= 15 is 0 Å². The third kappa shape index (κ3) is 5.00. The second-order valence-electron chi connectivity index (χ2n) is 5.96. The maximum atomic E-state index is 12.2. The maximum absolute atomic E-state index is 12.2. The molecule has 0 aliphatic carbocycles. The van der Waals surface area contributed by atoms with E-state index < -0.39 is 0 Å². The first-order chi connectivity index (χ1) is 14.1. The number of carbonyl (C=O) groups is 1. The molecule has 0 saturated carbocycles. The zero-order chi connectivity index (χ0) is 20.2. The molecule has 0 aliphatic rings. The quantitative estimate of drug-likeness (QED) is 0.290. The molecule has 0 atom stereocenters. The van der Waals surface area contributed by atoms with Crippen LogP contribution in [0.3, 0.4) is 0 Å². The first-order valence-electron chi connectivity index (χ1n) is 8.53. The Labute approximate surface area is 180 Å². The van der Waals surface area contributed by atoms with Crippen molar-refractivity contribution in [3.05, 3.63) is 71.0 Å². The summed E-state index contributed by atoms with van der Waals surface area (Å²) in [7, 11) is 0. The van der Waals surface area contributed by atoms with E-state index in [9.17, 15) is 4.79 Å². The van der Waals surface area contributed by atoms with Gasteiger partial charge in [-0.25, -0.2) is 9.97 Å². The predicted molar refractivity (Wildman–Crippen MR) is 116 cm³/mol. The summed E-state index contributed by atoms with van der Waals surface area (Å²) < 4.78 is 5.68. The number of aromatic amines is 1. The SMILES string of the molecule is O=C(CSc1nc2ccc(Cl)cc2[nH]1)Nc1ccc(Oc2cccnc2Cl)cc1. The van der Waals surface area contributed by atoms with Crippen molar-refractivity contribution in [3.8, 4) is 11.5 Å². The number of thioether (sulfide) groups is 1. The van der Waals surface area contributed by atoms with Crippen molar-refractivity contribution in [2.75, 3.05) is 11.1 Å². The molecule has 29 heavy (non-hydrogen) atoms. The number of fused-ring (bicyclic) bond motifs is 1. The fourth-order valence-electron chi connectivity index (χ4n) is 2.54. The van der Waals surface area contributed by atoms with Crippen LogP contribution >= 0.6 is 35.0 Å². The van der Waals surface area contributed by atoms with Gasteiger partial charge < -0.3 is 15.0 Å². The van der Waals surface area contributed by atoms with Crippen LogP contribution in [0.2, 0.25) is 10.2 Å². The van der Waals surface area contributed by atoms with Gasteiger partial charge in [0.1, 0.15) is 5.75 Å². The molecule has 4 rings (SSSR count). The number of amides is 1. The van der Waals surface area contributed by atoms with Gasteiger partial charge in [-0.15, -0.1) is 0 Å². The van der Waals surface area contributed by atoms with Gasteiger partial charge in [0.15, 0.2) is 16.1 Å². The van der Waals surface area contributed by atoms with E-state index in [4.69, 9.17) is 27.9 Å². The molecular weight excluding hydrogens is 431 g/mol. The molecule has 0 bridgehead atoms. The minimum atomic E-state index is -0.141. The van der Waals surface area contributed by atoms with Crippen LogP contribution in [-0.4, -0.2) is 26.6 Å². The molecule has 9 heteroatoms. The van der Waals surface area contributed by atoms with E-state index in [1.54, 1.807) is 54.7 Å². The molecule has 0 aliphatic heterocycles. The number of anilines is 1. The smallest absolute Gasteiger partial charge is 0.234 e. The topological polar surface area (TPSA) is 79.9 Å². The molecule has 0 fully saturated rings. The van der Waals surface area contributed by atoms with Crippen LogP contribution in [-0.2, 0) is 4.79 Å². The van der Waals surface area contributed by atoms with Crippen molar-refractivity contribution >= 4 is 57.6 Å². The van der Waals surface area contributed by atoms with Crippen molar-refractivity contribution in [1.29, 1.82) is 0 Å². The highest BCUT2D eigenvalue weighted by atomic mass is 35.5. The number of nitrogens with one attached hydrogen (secondary N) is 2. The summed E-state index contributed by atoms with van der Waals surface area (Å²) >= 11 is 13.3. The van der Waals surface area contributed by atoms with Gasteiger partial charge in [-0.05, 0) is 54.6 Å². The molecule has 0 radical (unpaired) electrons. The van der Waals surface area contributed by atoms with Gasteiger partial charge in [0.05, 0.1) is 16.8 Å². The number of hydrogen-bond donors (Lipinski definition) is 2. The summed E-state index contributed by atoms with van der Waals surface area (Å²) in [6, 6.07) is 15.9. The summed E-state index contributed by atoms with van der Waals surface area (Å²) in [5.41, 5.74) is 2.31. The van der Waals surface area contributed by atoms with Crippen molar-refractivity contribution in [2.24, 2.45) is 0 Å². The first kappa shape index (κ1) is 19.6. The Morgan fingerprint density at radius 2 is 1.97 bits per heavy atom. The lowest BCUT2D eigenvalue weighted by atomic mass is 10.3. The number of nitrogens with zero attached hydrogens (tertiary/aromatic N) is 2. The monoisotopic (exact) mass is 444 g/mol. The van der Waals surface area contributed by atoms with E-state index in [1.807, 2.05) is 6.07 Å². The van der Waals surface area contributed by atoms with Gasteiger partial charge in [0.25, 0.3) is 0 Å². The van der Waals surface area contributed by atoms with Crippen molar-refractivity contribution in [3.63, 3.8) is 0 Å². The van der Waals surface area contributed by atoms with Gasteiger partial charge in [0, 0.05) is 16.9 Å². The fourth-order valence-corrected chi connectivity index (χ4v) is 3.55. The van der Waals surface area contributed by atoms with Crippen molar-refractivity contribution < 1.29 is 9.53 Å². The minimum absolute atomic E-state index is 0.141. The highest BCUT2D eigenvalue weighted by Gasteiger charge is 2.09. The Morgan fingerprint density at radius 3 is 2.76 bits per heavy atom. The number of imidazole rings is 1. The Bertz CT molecular complexity index is 1160. The number of aromatic nitrogens is 3. The molecule has 0 unspecified atom stereocenters. The highest BCUT2D eigenvalue weighted by molar-refractivity contribution is 7.99. The molecule has 0 saturated heterocycles. The average molecular weight is 445 g/mol. The van der Waals surface area contributed by atoms with Crippen molar-refractivity contribution in [1.82, 2.24) is 15.0 Å². The summed E-state index contributed by atoms with van der Waals surface area (Å²) in [6.07, 6.45) is 1.59. The number of carbonyl (C=O) groups excluding carboxylic acids is 1. The number of benzene rings is 2. The Hall–Kier alpha value is -2.74. The predicted octanol–water partition coefficient (Wildman–Crippen LogP) is 5.79. The lowest BCUT2D eigenvalue weighted by Gasteiger charge is -2.08. The van der Waals surface area contributed by atoms with Crippen LogP contribution in [0.4, 0.5) is 5.69 Å². The summed E-state index contributed by atoms with van der Waals surface area (Å²) in [6.45, 7) is 0. The molecule has 2 aromatic carbocycles. The van der Waals surface area contributed by atoms with E-state index in [0.29, 0.717) is 27.4 Å². The Morgan fingerprint density at radius 1 is 1.14 bits per heavy atom. The minimum Gasteiger partial charge on any atom is -0.454 e. The lowest BCUT2D eigenvalue weighted by Crippen LogP contribution is -2.14. The van der Waals surface area contributed by atoms with E-state index in [1.165, 1.54) is 11.8 Å². The molecule has 1 amide bonds. The van der Waals surface area contributed by atoms with Gasteiger partial charge in [0.2, 0.25) is 5.91 Å². The van der Waals surface area contributed by atoms with Crippen LogP contribution in [0, 0.1) is 0 Å². The Kier molecular flexibility index (Phi) is 5.89. The van der Waals surface area contributed by atoms with Crippen molar-refractivity contribution in [2.45, 2.75) is 5.16 Å². The Balaban J connectivity index is 1.32. The molecule has 4 aromatic rings. The number of rotatable bonds is 6. The number of ether oxygens (including phenoxy) is 1. The first-order valence-corrected chi connectivity index (χ1v) is 10.3. The second-order valence-corrected chi connectivity index (χ2v) is 7.72. The molecule has 0 spiro atoms.